The molecule has 22 heavy (non-hydrogen) atoms. The summed E-state index contributed by atoms with van der Waals surface area (Å²) >= 11 is 3.49. The van der Waals surface area contributed by atoms with Crippen molar-refractivity contribution in [2.24, 2.45) is 4.99 Å². The lowest BCUT2D eigenvalue weighted by atomic mass is 10.1. The lowest BCUT2D eigenvalue weighted by Crippen LogP contribution is -2.17. The average molecular weight is 329 g/mol. The highest BCUT2D eigenvalue weighted by atomic mass is 32.1. The van der Waals surface area contributed by atoms with E-state index >= 15 is 0 Å². The van der Waals surface area contributed by atoms with Crippen LogP contribution < -0.4 is 4.80 Å². The van der Waals surface area contributed by atoms with Crippen LogP contribution in [-0.4, -0.2) is 4.57 Å². The highest BCUT2D eigenvalue weighted by molar-refractivity contribution is 7.14. The highest BCUT2D eigenvalue weighted by Gasteiger charge is 2.11. The molecule has 0 fully saturated rings. The molecule has 0 aliphatic rings. The predicted molar refractivity (Wildman–Crippen MR) is 97.1 cm³/mol. The summed E-state index contributed by atoms with van der Waals surface area (Å²) in [6.07, 6.45) is 0. The fourth-order valence-corrected chi connectivity index (χ4v) is 4.29. The van der Waals surface area contributed by atoms with E-state index < -0.39 is 0 Å². The second-order valence-corrected chi connectivity index (χ2v) is 7.53. The van der Waals surface area contributed by atoms with Crippen molar-refractivity contribution in [3.8, 4) is 10.6 Å². The number of thiazole rings is 1. The summed E-state index contributed by atoms with van der Waals surface area (Å²) in [6.45, 7) is 8.66. The maximum absolute atomic E-state index is 4.94. The summed E-state index contributed by atoms with van der Waals surface area (Å²) < 4.78 is 2.33. The Hall–Kier alpha value is -1.65. The van der Waals surface area contributed by atoms with E-state index in [1.54, 1.807) is 22.7 Å². The number of hydrogen-bond acceptors (Lipinski definition) is 3. The molecule has 0 saturated heterocycles. The first-order chi connectivity index (χ1) is 10.6. The number of hydrogen-bond donors (Lipinski definition) is 0. The topological polar surface area (TPSA) is 17.3 Å². The normalized spacial score (nSPS) is 12.3. The van der Waals surface area contributed by atoms with Crippen LogP contribution in [-0.2, 0) is 0 Å². The van der Waals surface area contributed by atoms with Crippen LogP contribution in [0.4, 0.5) is 5.69 Å². The minimum absolute atomic E-state index is 0.382. The van der Waals surface area contributed by atoms with Gasteiger partial charge in [0.25, 0.3) is 0 Å². The van der Waals surface area contributed by atoms with Crippen molar-refractivity contribution in [1.82, 2.24) is 4.57 Å². The van der Waals surface area contributed by atoms with Crippen molar-refractivity contribution in [3.05, 3.63) is 57.0 Å². The molecule has 4 heteroatoms. The third-order valence-corrected chi connectivity index (χ3v) is 5.34. The lowest BCUT2D eigenvalue weighted by Gasteiger charge is -2.11. The number of rotatable bonds is 3. The van der Waals surface area contributed by atoms with E-state index in [0.717, 1.165) is 10.5 Å². The van der Waals surface area contributed by atoms with E-state index in [9.17, 15) is 0 Å². The summed E-state index contributed by atoms with van der Waals surface area (Å²) in [5, 5.41) is 4.34. The number of aromatic nitrogens is 1. The quantitative estimate of drug-likeness (QED) is 0.586. The van der Waals surface area contributed by atoms with E-state index in [0.29, 0.717) is 6.04 Å². The number of nitrogens with zero attached hydrogens (tertiary/aromatic N) is 2. The summed E-state index contributed by atoms with van der Waals surface area (Å²) in [5.41, 5.74) is 4.79. The third-order valence-electron chi connectivity index (χ3n) is 3.61. The van der Waals surface area contributed by atoms with Crippen molar-refractivity contribution in [2.75, 3.05) is 0 Å². The van der Waals surface area contributed by atoms with Crippen molar-refractivity contribution in [3.63, 3.8) is 0 Å². The van der Waals surface area contributed by atoms with Gasteiger partial charge in [0.05, 0.1) is 16.3 Å². The first kappa shape index (κ1) is 15.3. The highest BCUT2D eigenvalue weighted by Crippen LogP contribution is 2.28. The molecule has 0 N–H and O–H groups in total. The van der Waals surface area contributed by atoms with Gasteiger partial charge in [0.1, 0.15) is 0 Å². The van der Waals surface area contributed by atoms with Crippen molar-refractivity contribution < 1.29 is 0 Å². The Bertz CT molecular complexity index is 836. The Balaban J connectivity index is 2.19. The van der Waals surface area contributed by atoms with Gasteiger partial charge in [0.15, 0.2) is 4.80 Å². The maximum Gasteiger partial charge on any atom is 0.190 e. The van der Waals surface area contributed by atoms with Gasteiger partial charge in [-0.15, -0.1) is 22.7 Å². The van der Waals surface area contributed by atoms with Crippen molar-refractivity contribution >= 4 is 28.4 Å². The first-order valence-corrected chi connectivity index (χ1v) is 9.18. The van der Waals surface area contributed by atoms with Crippen molar-refractivity contribution in [1.29, 1.82) is 0 Å². The molecule has 2 nitrogen and oxygen atoms in total. The minimum Gasteiger partial charge on any atom is -0.313 e. The second kappa shape index (κ2) is 6.23. The lowest BCUT2D eigenvalue weighted by molar-refractivity contribution is 0.591. The Labute approximate surface area is 139 Å². The molecule has 3 aromatic rings. The molecule has 0 spiro atoms. The summed E-state index contributed by atoms with van der Waals surface area (Å²) in [4.78, 5) is 7.30. The maximum atomic E-state index is 4.94. The number of thiophene rings is 1. The zero-order chi connectivity index (χ0) is 15.7. The van der Waals surface area contributed by atoms with Crippen LogP contribution in [0.5, 0.6) is 0 Å². The standard InChI is InChI=1S/C18H20N2S2/c1-12(2)20-16(17-6-5-9-21-17)11-22-18(20)19-15-10-13(3)7-8-14(15)4/h5-12H,1-4H3. The Kier molecular flexibility index (Phi) is 4.32. The molecule has 114 valence electrons. The van der Waals surface area contributed by atoms with Gasteiger partial charge >= 0.3 is 0 Å². The van der Waals surface area contributed by atoms with E-state index in [4.69, 9.17) is 4.99 Å². The van der Waals surface area contributed by atoms with Gasteiger partial charge < -0.3 is 4.57 Å². The molecule has 0 saturated carbocycles. The minimum atomic E-state index is 0.382. The van der Waals surface area contributed by atoms with Gasteiger partial charge in [-0.25, -0.2) is 4.99 Å². The van der Waals surface area contributed by atoms with Gasteiger partial charge in [-0.05, 0) is 56.3 Å². The molecule has 2 heterocycles. The summed E-state index contributed by atoms with van der Waals surface area (Å²) in [6, 6.07) is 11.1. The van der Waals surface area contributed by atoms with E-state index in [2.05, 4.69) is 73.4 Å². The molecule has 0 aliphatic heterocycles. The number of aryl methyl sites for hydroxylation is 2. The first-order valence-electron chi connectivity index (χ1n) is 7.42. The molecule has 0 atom stereocenters. The second-order valence-electron chi connectivity index (χ2n) is 5.75. The van der Waals surface area contributed by atoms with E-state index in [1.807, 2.05) is 0 Å². The average Bonchev–Trinajstić information content (AvgIpc) is 3.11. The van der Waals surface area contributed by atoms with Crippen molar-refractivity contribution in [2.45, 2.75) is 33.7 Å². The molecular formula is C18H20N2S2. The molecule has 2 aromatic heterocycles. The zero-order valence-electron chi connectivity index (χ0n) is 13.3. The molecule has 0 aliphatic carbocycles. The Morgan fingerprint density at radius 2 is 1.91 bits per heavy atom. The Morgan fingerprint density at radius 1 is 1.09 bits per heavy atom. The molecule has 0 unspecified atom stereocenters. The number of benzene rings is 1. The van der Waals surface area contributed by atoms with Crippen LogP contribution in [0.2, 0.25) is 0 Å². The van der Waals surface area contributed by atoms with Gasteiger partial charge in [0.2, 0.25) is 0 Å². The zero-order valence-corrected chi connectivity index (χ0v) is 15.0. The summed E-state index contributed by atoms with van der Waals surface area (Å²) in [7, 11) is 0. The van der Waals surface area contributed by atoms with Gasteiger partial charge in [-0.2, -0.15) is 0 Å². The Morgan fingerprint density at radius 3 is 2.59 bits per heavy atom. The smallest absolute Gasteiger partial charge is 0.190 e. The van der Waals surface area contributed by atoms with E-state index in [-0.39, 0.29) is 0 Å². The van der Waals surface area contributed by atoms with E-state index in [1.165, 1.54) is 21.7 Å². The SMILES string of the molecule is Cc1ccc(C)c(N=c2scc(-c3cccs3)n2C(C)C)c1. The molecule has 3 rings (SSSR count). The predicted octanol–water partition coefficient (Wildman–Crippen LogP) is 5.71. The third kappa shape index (κ3) is 2.94. The van der Waals surface area contributed by atoms with Crippen LogP contribution in [0.15, 0.2) is 46.1 Å². The molecule has 1 aromatic carbocycles. The molecule has 0 radical (unpaired) electrons. The summed E-state index contributed by atoms with van der Waals surface area (Å²) in [5.74, 6) is 0. The fourth-order valence-electron chi connectivity index (χ4n) is 2.45. The van der Waals surface area contributed by atoms with Gasteiger partial charge in [0, 0.05) is 11.4 Å². The van der Waals surface area contributed by atoms with Crippen LogP contribution in [0, 0.1) is 13.8 Å². The molecule has 0 amide bonds. The van der Waals surface area contributed by atoms with Gasteiger partial charge in [-0.1, -0.05) is 18.2 Å². The molecule has 0 bridgehead atoms. The largest absolute Gasteiger partial charge is 0.313 e. The van der Waals surface area contributed by atoms with Gasteiger partial charge in [-0.3, -0.25) is 0 Å². The van der Waals surface area contributed by atoms with Crippen LogP contribution in [0.1, 0.15) is 31.0 Å². The monoisotopic (exact) mass is 328 g/mol. The molecular weight excluding hydrogens is 308 g/mol. The fraction of sp³-hybridized carbons (Fsp3) is 0.278. The van der Waals surface area contributed by atoms with Crippen LogP contribution in [0.25, 0.3) is 10.6 Å². The van der Waals surface area contributed by atoms with Crippen LogP contribution in [0.3, 0.4) is 0 Å². The van der Waals surface area contributed by atoms with Crippen LogP contribution >= 0.6 is 22.7 Å².